The number of rotatable bonds is 4. The molecule has 1 atom stereocenters. The molecule has 3 rings (SSSR count). The Labute approximate surface area is 143 Å². The minimum absolute atomic E-state index is 0.0535. The first-order chi connectivity index (χ1) is 12.0. The molecule has 0 aliphatic carbocycles. The number of fused-ring (bicyclic) bond motifs is 1. The van der Waals surface area contributed by atoms with E-state index in [4.69, 9.17) is 9.15 Å². The van der Waals surface area contributed by atoms with E-state index in [1.54, 1.807) is 0 Å². The van der Waals surface area contributed by atoms with Crippen LogP contribution in [0, 0.1) is 0 Å². The highest BCUT2D eigenvalue weighted by Gasteiger charge is 2.18. The van der Waals surface area contributed by atoms with Crippen LogP contribution in [0.15, 0.2) is 57.7 Å². The van der Waals surface area contributed by atoms with Crippen molar-refractivity contribution >= 4 is 16.9 Å². The number of benzene rings is 2. The molecule has 0 unspecified atom stereocenters. The minimum atomic E-state index is -0.870. The molecule has 0 radical (unpaired) electrons. The topological polar surface area (TPSA) is 86.0 Å². The van der Waals surface area contributed by atoms with Gasteiger partial charge in [-0.25, -0.2) is 4.79 Å². The number of methoxy groups -OCH3 is 1. The summed E-state index contributed by atoms with van der Waals surface area (Å²) < 4.78 is 15.8. The second-order valence-electron chi connectivity index (χ2n) is 5.44. The first kappa shape index (κ1) is 16.6. The second kappa shape index (κ2) is 6.68. The van der Waals surface area contributed by atoms with Crippen LogP contribution < -0.4 is 10.2 Å². The summed E-state index contributed by atoms with van der Waals surface area (Å²) in [4.78, 5) is 23.8. The molecule has 0 aliphatic heterocycles. The van der Waals surface area contributed by atoms with Crippen LogP contribution in [0.5, 0.6) is 11.5 Å². The lowest BCUT2D eigenvalue weighted by molar-refractivity contribution is -0.147. The third kappa shape index (κ3) is 3.33. The minimum Gasteiger partial charge on any atom is -0.507 e. The van der Waals surface area contributed by atoms with E-state index in [2.05, 4.69) is 4.74 Å². The largest absolute Gasteiger partial charge is 0.507 e. The molecule has 1 N–H and O–H groups in total. The smallest absolute Gasteiger partial charge is 0.346 e. The highest BCUT2D eigenvalue weighted by atomic mass is 16.6. The van der Waals surface area contributed by atoms with E-state index in [0.29, 0.717) is 5.76 Å². The van der Waals surface area contributed by atoms with Crippen molar-refractivity contribution in [2.45, 2.75) is 13.0 Å². The van der Waals surface area contributed by atoms with Crippen molar-refractivity contribution in [1.29, 1.82) is 0 Å². The lowest BCUT2D eigenvalue weighted by Crippen LogP contribution is -2.24. The molecule has 0 amide bonds. The maximum Gasteiger partial charge on any atom is 0.346 e. The highest BCUT2D eigenvalue weighted by molar-refractivity contribution is 5.86. The molecule has 0 fully saturated rings. The lowest BCUT2D eigenvalue weighted by atomic mass is 10.1. The number of phenolic OH excluding ortho intramolecular Hbond substituents is 1. The molecule has 1 heterocycles. The molecule has 1 aromatic heterocycles. The molecule has 3 aromatic rings. The quantitative estimate of drug-likeness (QED) is 0.735. The van der Waals surface area contributed by atoms with Crippen molar-refractivity contribution in [2.24, 2.45) is 0 Å². The Morgan fingerprint density at radius 2 is 1.88 bits per heavy atom. The molecule has 6 heteroatoms. The molecule has 6 nitrogen and oxygen atoms in total. The monoisotopic (exact) mass is 340 g/mol. The fourth-order valence-corrected chi connectivity index (χ4v) is 2.47. The van der Waals surface area contributed by atoms with E-state index < -0.39 is 12.1 Å². The third-order valence-electron chi connectivity index (χ3n) is 3.69. The Balaban J connectivity index is 2.09. The molecule has 0 spiro atoms. The van der Waals surface area contributed by atoms with Gasteiger partial charge in [0.15, 0.2) is 11.5 Å². The molecule has 0 saturated heterocycles. The summed E-state index contributed by atoms with van der Waals surface area (Å²) in [6.45, 7) is 1.52. The number of hydrogen-bond donors (Lipinski definition) is 1. The van der Waals surface area contributed by atoms with Crippen LogP contribution in [0.3, 0.4) is 0 Å². The lowest BCUT2D eigenvalue weighted by Gasteiger charge is -2.13. The Kier molecular flexibility index (Phi) is 4.43. The Bertz CT molecular complexity index is 974. The van der Waals surface area contributed by atoms with Crippen molar-refractivity contribution in [3.63, 3.8) is 0 Å². The third-order valence-corrected chi connectivity index (χ3v) is 3.69. The van der Waals surface area contributed by atoms with Gasteiger partial charge in [0, 0.05) is 23.8 Å². The van der Waals surface area contributed by atoms with Gasteiger partial charge in [-0.05, 0) is 6.92 Å². The molecular weight excluding hydrogens is 324 g/mol. The molecule has 0 saturated carbocycles. The van der Waals surface area contributed by atoms with Crippen LogP contribution in [-0.2, 0) is 9.53 Å². The molecule has 25 heavy (non-hydrogen) atoms. The summed E-state index contributed by atoms with van der Waals surface area (Å²) in [5.41, 5.74) is 0.527. The van der Waals surface area contributed by atoms with Gasteiger partial charge in [-0.2, -0.15) is 0 Å². The van der Waals surface area contributed by atoms with Gasteiger partial charge >= 0.3 is 5.97 Å². The summed E-state index contributed by atoms with van der Waals surface area (Å²) in [5, 5.41) is 10.2. The van der Waals surface area contributed by atoms with Crippen LogP contribution >= 0.6 is 0 Å². The van der Waals surface area contributed by atoms with Crippen LogP contribution in [-0.4, -0.2) is 24.3 Å². The van der Waals surface area contributed by atoms with Gasteiger partial charge in [0.05, 0.1) is 7.11 Å². The van der Waals surface area contributed by atoms with Gasteiger partial charge in [0.25, 0.3) is 0 Å². The van der Waals surface area contributed by atoms with Gasteiger partial charge in [-0.15, -0.1) is 0 Å². The fraction of sp³-hybridized carbons (Fsp3) is 0.158. The molecule has 2 aromatic carbocycles. The number of carbonyl (C=O) groups excluding carboxylic acids is 1. The number of ether oxygens (including phenoxy) is 2. The maximum absolute atomic E-state index is 12.3. The number of esters is 1. The Hall–Kier alpha value is -3.28. The second-order valence-corrected chi connectivity index (χ2v) is 5.44. The average molecular weight is 340 g/mol. The van der Waals surface area contributed by atoms with Crippen LogP contribution in [0.2, 0.25) is 0 Å². The number of carbonyl (C=O) groups is 1. The molecule has 128 valence electrons. The number of aromatic hydroxyl groups is 1. The van der Waals surface area contributed by atoms with Crippen molar-refractivity contribution < 1.29 is 23.8 Å². The van der Waals surface area contributed by atoms with Gasteiger partial charge in [-0.1, -0.05) is 30.3 Å². The summed E-state index contributed by atoms with van der Waals surface area (Å²) in [7, 11) is 1.26. The Morgan fingerprint density at radius 1 is 1.16 bits per heavy atom. The van der Waals surface area contributed by atoms with Crippen LogP contribution in [0.25, 0.3) is 22.3 Å². The number of hydrogen-bond acceptors (Lipinski definition) is 6. The number of phenols is 1. The SMILES string of the molecule is COC(=O)[C@@H](C)Oc1cc(O)c2c(=O)cc(-c3ccccc3)oc2c1. The van der Waals surface area contributed by atoms with Crippen molar-refractivity contribution in [2.75, 3.05) is 7.11 Å². The van der Waals surface area contributed by atoms with E-state index >= 15 is 0 Å². The van der Waals surface area contributed by atoms with Gasteiger partial charge < -0.3 is 19.0 Å². The van der Waals surface area contributed by atoms with Crippen LogP contribution in [0.1, 0.15) is 6.92 Å². The standard InChI is InChI=1S/C19H16O6/c1-11(19(22)23-2)24-13-8-14(20)18-15(21)10-16(25-17(18)9-13)12-6-4-3-5-7-12/h3-11,20H,1-2H3/t11-/m1/s1. The van der Waals surface area contributed by atoms with E-state index in [1.807, 2.05) is 30.3 Å². The summed E-state index contributed by atoms with van der Waals surface area (Å²) in [6.07, 6.45) is -0.870. The zero-order valence-electron chi connectivity index (χ0n) is 13.7. The van der Waals surface area contributed by atoms with E-state index in [1.165, 1.54) is 32.2 Å². The van der Waals surface area contributed by atoms with Crippen molar-refractivity contribution in [3.05, 3.63) is 58.8 Å². The highest BCUT2D eigenvalue weighted by Crippen LogP contribution is 2.31. The molecule has 0 bridgehead atoms. The fourth-order valence-electron chi connectivity index (χ4n) is 2.47. The zero-order chi connectivity index (χ0) is 18.0. The van der Waals surface area contributed by atoms with Crippen LogP contribution in [0.4, 0.5) is 0 Å². The first-order valence-corrected chi connectivity index (χ1v) is 7.60. The van der Waals surface area contributed by atoms with E-state index in [9.17, 15) is 14.7 Å². The van der Waals surface area contributed by atoms with E-state index in [0.717, 1.165) is 5.56 Å². The summed E-state index contributed by atoms with van der Waals surface area (Å²) in [6, 6.07) is 13.2. The molecular formula is C19H16O6. The average Bonchev–Trinajstić information content (AvgIpc) is 2.60. The van der Waals surface area contributed by atoms with Crippen molar-refractivity contribution in [1.82, 2.24) is 0 Å². The first-order valence-electron chi connectivity index (χ1n) is 7.60. The predicted molar refractivity (Wildman–Crippen MR) is 91.7 cm³/mol. The van der Waals surface area contributed by atoms with E-state index in [-0.39, 0.29) is 27.9 Å². The maximum atomic E-state index is 12.3. The van der Waals surface area contributed by atoms with Gasteiger partial charge in [-0.3, -0.25) is 4.79 Å². The normalized spacial score (nSPS) is 11.9. The Morgan fingerprint density at radius 3 is 2.56 bits per heavy atom. The van der Waals surface area contributed by atoms with Gasteiger partial charge in [0.2, 0.25) is 0 Å². The molecule has 0 aliphatic rings. The zero-order valence-corrected chi connectivity index (χ0v) is 13.7. The van der Waals surface area contributed by atoms with Gasteiger partial charge in [0.1, 0.15) is 28.2 Å². The summed E-state index contributed by atoms with van der Waals surface area (Å²) >= 11 is 0. The predicted octanol–water partition coefficient (Wildman–Crippen LogP) is 3.11. The van der Waals surface area contributed by atoms with Crippen molar-refractivity contribution in [3.8, 4) is 22.8 Å². The summed E-state index contributed by atoms with van der Waals surface area (Å²) in [5.74, 6) is -0.274.